The number of nitrogens with one attached hydrogen (secondary N) is 1. The van der Waals surface area contributed by atoms with E-state index in [2.05, 4.69) is 12.2 Å². The minimum absolute atomic E-state index is 0.892. The molecule has 0 spiro atoms. The third-order valence-electron chi connectivity index (χ3n) is 7.00. The monoisotopic (exact) mass is 261 g/mol. The van der Waals surface area contributed by atoms with Crippen LogP contribution >= 0.6 is 0 Å². The Morgan fingerprint density at radius 3 is 2.05 bits per heavy atom. The van der Waals surface area contributed by atoms with Gasteiger partial charge in [0.25, 0.3) is 0 Å². The maximum Gasteiger partial charge on any atom is 0.0129 e. The molecule has 1 unspecified atom stereocenters. The first kappa shape index (κ1) is 12.7. The quantitative estimate of drug-likeness (QED) is 0.781. The van der Waals surface area contributed by atoms with E-state index >= 15 is 0 Å². The first-order valence-corrected chi connectivity index (χ1v) is 9.08. The Bertz CT molecular complexity index is 292. The van der Waals surface area contributed by atoms with Gasteiger partial charge in [-0.05, 0) is 93.4 Å². The first-order chi connectivity index (χ1) is 9.35. The van der Waals surface area contributed by atoms with E-state index in [4.69, 9.17) is 0 Å². The number of hydrogen-bond donors (Lipinski definition) is 1. The molecule has 1 nitrogen and oxygen atoms in total. The maximum absolute atomic E-state index is 4.00. The molecule has 0 amide bonds. The fourth-order valence-electron chi connectivity index (χ4n) is 6.28. The van der Waals surface area contributed by atoms with E-state index in [1.54, 1.807) is 32.1 Å². The van der Waals surface area contributed by atoms with Gasteiger partial charge in [-0.2, -0.15) is 0 Å². The molecule has 0 aromatic carbocycles. The lowest BCUT2D eigenvalue weighted by Crippen LogP contribution is -2.56. The van der Waals surface area contributed by atoms with Crippen LogP contribution in [0, 0.1) is 35.5 Å². The average Bonchev–Trinajstić information content (AvgIpc) is 2.32. The van der Waals surface area contributed by atoms with Crippen LogP contribution in [0.4, 0.5) is 0 Å². The Kier molecular flexibility index (Phi) is 3.38. The molecule has 1 N–H and O–H groups in total. The smallest absolute Gasteiger partial charge is 0.0129 e. The minimum Gasteiger partial charge on any atom is -0.313 e. The standard InChI is InChI=1S/C18H31N/c1-2-6-19-18(14-4-3-5-14)17-15-8-12-7-13(10-15)11-16(17)9-12/h12-19H,2-11H2,1H3. The second-order valence-corrected chi connectivity index (χ2v) is 8.18. The van der Waals surface area contributed by atoms with Gasteiger partial charge in [-0.1, -0.05) is 13.3 Å². The van der Waals surface area contributed by atoms with Crippen molar-refractivity contribution in [3.05, 3.63) is 0 Å². The van der Waals surface area contributed by atoms with Gasteiger partial charge in [0.1, 0.15) is 0 Å². The molecule has 0 aromatic heterocycles. The van der Waals surface area contributed by atoms with Gasteiger partial charge in [-0.15, -0.1) is 0 Å². The van der Waals surface area contributed by atoms with Crippen molar-refractivity contribution in [2.24, 2.45) is 35.5 Å². The molecular weight excluding hydrogens is 230 g/mol. The average molecular weight is 261 g/mol. The largest absolute Gasteiger partial charge is 0.313 e. The topological polar surface area (TPSA) is 12.0 Å². The van der Waals surface area contributed by atoms with Gasteiger partial charge >= 0.3 is 0 Å². The number of hydrogen-bond acceptors (Lipinski definition) is 1. The fourth-order valence-corrected chi connectivity index (χ4v) is 6.28. The first-order valence-electron chi connectivity index (χ1n) is 9.08. The molecule has 5 saturated carbocycles. The molecule has 5 rings (SSSR count). The SMILES string of the molecule is CCCNC(C1CCC1)C1C2CC3CC(C2)CC1C3. The summed E-state index contributed by atoms with van der Waals surface area (Å²) < 4.78 is 0. The molecule has 0 radical (unpaired) electrons. The van der Waals surface area contributed by atoms with E-state index in [9.17, 15) is 0 Å². The van der Waals surface area contributed by atoms with Crippen LogP contribution in [0.3, 0.4) is 0 Å². The lowest BCUT2D eigenvalue weighted by Gasteiger charge is -2.58. The van der Waals surface area contributed by atoms with Gasteiger partial charge in [-0.3, -0.25) is 0 Å². The van der Waals surface area contributed by atoms with Gasteiger partial charge < -0.3 is 5.32 Å². The van der Waals surface area contributed by atoms with Crippen LogP contribution in [0.2, 0.25) is 0 Å². The molecule has 19 heavy (non-hydrogen) atoms. The molecule has 0 aliphatic heterocycles. The summed E-state index contributed by atoms with van der Waals surface area (Å²) in [7, 11) is 0. The van der Waals surface area contributed by atoms with Crippen LogP contribution in [0.5, 0.6) is 0 Å². The molecule has 108 valence electrons. The van der Waals surface area contributed by atoms with Crippen LogP contribution in [0.15, 0.2) is 0 Å². The van der Waals surface area contributed by atoms with Crippen LogP contribution in [0.25, 0.3) is 0 Å². The molecule has 0 saturated heterocycles. The van der Waals surface area contributed by atoms with Crippen molar-refractivity contribution in [2.75, 3.05) is 6.54 Å². The van der Waals surface area contributed by atoms with Gasteiger partial charge in [-0.25, -0.2) is 0 Å². The number of rotatable bonds is 5. The van der Waals surface area contributed by atoms with Gasteiger partial charge in [0.15, 0.2) is 0 Å². The van der Waals surface area contributed by atoms with Crippen molar-refractivity contribution in [3.8, 4) is 0 Å². The maximum atomic E-state index is 4.00. The highest BCUT2D eigenvalue weighted by Gasteiger charge is 2.51. The lowest BCUT2D eigenvalue weighted by atomic mass is 9.49. The highest BCUT2D eigenvalue weighted by Crippen LogP contribution is 2.58. The van der Waals surface area contributed by atoms with E-state index in [0.29, 0.717) is 0 Å². The molecular formula is C18H31N. The Hall–Kier alpha value is -0.0400. The van der Waals surface area contributed by atoms with Gasteiger partial charge in [0.05, 0.1) is 0 Å². The fraction of sp³-hybridized carbons (Fsp3) is 1.00. The summed E-state index contributed by atoms with van der Waals surface area (Å²) in [6, 6.07) is 0.892. The van der Waals surface area contributed by atoms with E-state index < -0.39 is 0 Å². The van der Waals surface area contributed by atoms with Crippen LogP contribution in [-0.4, -0.2) is 12.6 Å². The molecule has 0 aromatic rings. The highest BCUT2D eigenvalue weighted by molar-refractivity contribution is 5.03. The van der Waals surface area contributed by atoms with Crippen molar-refractivity contribution in [1.82, 2.24) is 5.32 Å². The molecule has 1 heteroatoms. The normalized spacial score (nSPS) is 46.3. The zero-order chi connectivity index (χ0) is 12.8. The zero-order valence-electron chi connectivity index (χ0n) is 12.6. The highest BCUT2D eigenvalue weighted by atomic mass is 14.9. The Morgan fingerprint density at radius 1 is 0.947 bits per heavy atom. The molecule has 0 heterocycles. The van der Waals surface area contributed by atoms with Crippen LogP contribution < -0.4 is 5.32 Å². The van der Waals surface area contributed by atoms with Crippen molar-refractivity contribution < 1.29 is 0 Å². The zero-order valence-corrected chi connectivity index (χ0v) is 12.6. The second-order valence-electron chi connectivity index (χ2n) is 8.18. The summed E-state index contributed by atoms with van der Waals surface area (Å²) in [5.41, 5.74) is 0. The summed E-state index contributed by atoms with van der Waals surface area (Å²) in [5.74, 6) is 6.56. The Morgan fingerprint density at radius 2 is 1.58 bits per heavy atom. The van der Waals surface area contributed by atoms with Gasteiger partial charge in [0, 0.05) is 6.04 Å². The Labute approximate surface area is 118 Å². The van der Waals surface area contributed by atoms with Crippen LogP contribution in [0.1, 0.15) is 64.7 Å². The Balaban J connectivity index is 1.51. The van der Waals surface area contributed by atoms with Gasteiger partial charge in [0.2, 0.25) is 0 Å². The lowest BCUT2D eigenvalue weighted by molar-refractivity contribution is -0.0665. The molecule has 5 fully saturated rings. The van der Waals surface area contributed by atoms with Crippen molar-refractivity contribution in [2.45, 2.75) is 70.8 Å². The summed E-state index contributed by atoms with van der Waals surface area (Å²) in [6.45, 7) is 3.58. The molecule has 5 aliphatic rings. The van der Waals surface area contributed by atoms with E-state index in [1.165, 1.54) is 32.2 Å². The van der Waals surface area contributed by atoms with E-state index in [-0.39, 0.29) is 0 Å². The van der Waals surface area contributed by atoms with E-state index in [1.807, 2.05) is 0 Å². The summed E-state index contributed by atoms with van der Waals surface area (Å²) in [4.78, 5) is 0. The van der Waals surface area contributed by atoms with E-state index in [0.717, 1.165) is 41.5 Å². The molecule has 4 bridgehead atoms. The molecule has 5 aliphatic carbocycles. The summed E-state index contributed by atoms with van der Waals surface area (Å²) in [5, 5.41) is 4.00. The predicted octanol–water partition coefficient (Wildman–Crippen LogP) is 4.23. The summed E-state index contributed by atoms with van der Waals surface area (Å²) >= 11 is 0. The predicted molar refractivity (Wildman–Crippen MR) is 80.0 cm³/mol. The van der Waals surface area contributed by atoms with Crippen molar-refractivity contribution in [1.29, 1.82) is 0 Å². The second kappa shape index (κ2) is 5.06. The van der Waals surface area contributed by atoms with Crippen LogP contribution in [-0.2, 0) is 0 Å². The third-order valence-corrected chi connectivity index (χ3v) is 7.00. The van der Waals surface area contributed by atoms with Crippen molar-refractivity contribution >= 4 is 0 Å². The third kappa shape index (κ3) is 2.17. The minimum atomic E-state index is 0.892. The summed E-state index contributed by atoms with van der Waals surface area (Å²) in [6.07, 6.45) is 13.8. The molecule has 1 atom stereocenters. The van der Waals surface area contributed by atoms with Crippen molar-refractivity contribution in [3.63, 3.8) is 0 Å².